The van der Waals surface area contributed by atoms with Gasteiger partial charge in [-0.15, -0.1) is 0 Å². The van der Waals surface area contributed by atoms with Crippen LogP contribution < -0.4 is 15.3 Å². The summed E-state index contributed by atoms with van der Waals surface area (Å²) in [5.74, 6) is 0. The highest BCUT2D eigenvalue weighted by Crippen LogP contribution is 2.22. The molecule has 1 rings (SSSR count). The molecule has 1 aromatic rings. The fraction of sp³-hybridized carbons (Fsp3) is 0.500. The minimum absolute atomic E-state index is 0.0384. The van der Waals surface area contributed by atoms with Crippen molar-refractivity contribution in [2.45, 2.75) is 37.7 Å². The Kier molecular flexibility index (Phi) is 6.96. The fourth-order valence-electron chi connectivity index (χ4n) is 1.72. The zero-order valence-corrected chi connectivity index (χ0v) is 14.6. The van der Waals surface area contributed by atoms with Crippen LogP contribution in [-0.4, -0.2) is 38.4 Å². The molecule has 136 valence electrons. The number of nitrogens with zero attached hydrogens (tertiary/aromatic N) is 1. The van der Waals surface area contributed by atoms with E-state index in [-0.39, 0.29) is 23.7 Å². The third kappa shape index (κ3) is 6.71. The molecule has 0 unspecified atom stereocenters. The standard InChI is InChI=1S/C14H22N3O6S/c1-14(2,3)23-13(18)15-9-6-10-16-24(21,22)12-8-5-4-7-11(12)17(19)20/h4-5,7-8,16,19H,6,9-10H2,1-3H3,(H,15,18)/q-1. The van der Waals surface area contributed by atoms with Crippen LogP contribution in [0.2, 0.25) is 0 Å². The van der Waals surface area contributed by atoms with Crippen LogP contribution in [0.5, 0.6) is 0 Å². The number of amides is 1. The number of nitrogens with one attached hydrogen (secondary N) is 2. The molecule has 0 fully saturated rings. The van der Waals surface area contributed by atoms with Crippen molar-refractivity contribution in [3.05, 3.63) is 29.5 Å². The SMILES string of the molecule is CC(C)(C)OC(=O)NCCCNS(=O)(=O)c1ccccc1N([O-])O. The van der Waals surface area contributed by atoms with E-state index in [9.17, 15) is 18.4 Å². The Morgan fingerprint density at radius 3 is 2.50 bits per heavy atom. The molecule has 9 nitrogen and oxygen atoms in total. The lowest BCUT2D eigenvalue weighted by Gasteiger charge is -2.24. The lowest BCUT2D eigenvalue weighted by atomic mass is 10.2. The van der Waals surface area contributed by atoms with Crippen LogP contribution in [0.1, 0.15) is 27.2 Å². The number of hydrogen-bond acceptors (Lipinski definition) is 7. The van der Waals surface area contributed by atoms with Crippen LogP contribution >= 0.6 is 0 Å². The maximum absolute atomic E-state index is 12.1. The Morgan fingerprint density at radius 2 is 1.92 bits per heavy atom. The van der Waals surface area contributed by atoms with Gasteiger partial charge < -0.3 is 20.5 Å². The number of ether oxygens (including phenoxy) is 1. The second-order valence-corrected chi connectivity index (χ2v) is 7.66. The second-order valence-electron chi connectivity index (χ2n) is 5.92. The van der Waals surface area contributed by atoms with Gasteiger partial charge in [0, 0.05) is 13.1 Å². The normalized spacial score (nSPS) is 11.9. The smallest absolute Gasteiger partial charge is 0.407 e. The number of rotatable bonds is 7. The summed E-state index contributed by atoms with van der Waals surface area (Å²) >= 11 is 0. The molecule has 0 atom stereocenters. The zero-order chi connectivity index (χ0) is 18.4. The highest BCUT2D eigenvalue weighted by molar-refractivity contribution is 7.89. The summed E-state index contributed by atoms with van der Waals surface area (Å²) in [4.78, 5) is 11.1. The molecule has 0 bridgehead atoms. The van der Waals surface area contributed by atoms with Crippen molar-refractivity contribution in [1.82, 2.24) is 10.0 Å². The molecular weight excluding hydrogens is 338 g/mol. The van der Waals surface area contributed by atoms with Crippen molar-refractivity contribution < 1.29 is 23.2 Å². The van der Waals surface area contributed by atoms with E-state index in [1.807, 2.05) is 0 Å². The summed E-state index contributed by atoms with van der Waals surface area (Å²) in [6.45, 7) is 5.46. The van der Waals surface area contributed by atoms with Crippen molar-refractivity contribution in [2.24, 2.45) is 0 Å². The summed E-state index contributed by atoms with van der Waals surface area (Å²) in [6, 6.07) is 5.26. The average molecular weight is 360 g/mol. The Morgan fingerprint density at radius 1 is 1.29 bits per heavy atom. The van der Waals surface area contributed by atoms with Gasteiger partial charge in [-0.25, -0.2) is 17.9 Å². The van der Waals surface area contributed by atoms with Gasteiger partial charge in [-0.05, 0) is 39.3 Å². The van der Waals surface area contributed by atoms with Crippen molar-refractivity contribution in [3.63, 3.8) is 0 Å². The summed E-state index contributed by atoms with van der Waals surface area (Å²) in [5.41, 5.74) is -0.985. The largest absolute Gasteiger partial charge is 0.733 e. The van der Waals surface area contributed by atoms with Crippen molar-refractivity contribution >= 4 is 21.8 Å². The highest BCUT2D eigenvalue weighted by Gasteiger charge is 2.18. The molecule has 24 heavy (non-hydrogen) atoms. The second kappa shape index (κ2) is 8.29. The van der Waals surface area contributed by atoms with Gasteiger partial charge in [-0.3, -0.25) is 5.21 Å². The predicted octanol–water partition coefficient (Wildman–Crippen LogP) is 1.57. The number of carbonyl (C=O) groups excluding carboxylic acids is 1. The van der Waals surface area contributed by atoms with Gasteiger partial charge >= 0.3 is 6.09 Å². The molecular formula is C14H22N3O6S-. The van der Waals surface area contributed by atoms with E-state index in [0.717, 1.165) is 0 Å². The average Bonchev–Trinajstić information content (AvgIpc) is 2.44. The maximum Gasteiger partial charge on any atom is 0.407 e. The third-order valence-corrected chi connectivity index (χ3v) is 4.18. The summed E-state index contributed by atoms with van der Waals surface area (Å²) in [6.07, 6.45) is -0.265. The van der Waals surface area contributed by atoms with Crippen LogP contribution in [0.25, 0.3) is 0 Å². The number of alkyl carbamates (subject to hydrolysis) is 1. The zero-order valence-electron chi connectivity index (χ0n) is 13.8. The van der Waals surface area contributed by atoms with Gasteiger partial charge in [0.15, 0.2) is 0 Å². The molecule has 1 amide bonds. The summed E-state index contributed by atoms with van der Waals surface area (Å²) < 4.78 is 31.6. The summed E-state index contributed by atoms with van der Waals surface area (Å²) in [5, 5.41) is 22.0. The minimum Gasteiger partial charge on any atom is -0.733 e. The van der Waals surface area contributed by atoms with Crippen LogP contribution in [0.3, 0.4) is 0 Å². The molecule has 0 aliphatic carbocycles. The molecule has 0 spiro atoms. The quantitative estimate of drug-likeness (QED) is 0.497. The van der Waals surface area contributed by atoms with E-state index in [4.69, 9.17) is 9.94 Å². The minimum atomic E-state index is -3.96. The van der Waals surface area contributed by atoms with Gasteiger partial charge in [-0.2, -0.15) is 0 Å². The fourth-order valence-corrected chi connectivity index (χ4v) is 2.97. The van der Waals surface area contributed by atoms with Crippen LogP contribution in [0, 0.1) is 5.21 Å². The van der Waals surface area contributed by atoms with E-state index in [1.54, 1.807) is 20.8 Å². The molecule has 0 radical (unpaired) electrons. The van der Waals surface area contributed by atoms with Crippen molar-refractivity contribution in [1.29, 1.82) is 0 Å². The Bertz CT molecular complexity index is 655. The first-order chi connectivity index (χ1) is 11.0. The molecule has 0 aliphatic heterocycles. The van der Waals surface area contributed by atoms with E-state index >= 15 is 0 Å². The lowest BCUT2D eigenvalue weighted by molar-refractivity contribution is 0.0527. The molecule has 0 saturated heterocycles. The van der Waals surface area contributed by atoms with Gasteiger partial charge in [0.05, 0.1) is 5.69 Å². The molecule has 10 heteroatoms. The number of carbonyl (C=O) groups is 1. The number of benzene rings is 1. The topological polar surface area (TPSA) is 131 Å². The number of anilines is 1. The van der Waals surface area contributed by atoms with E-state index in [0.29, 0.717) is 6.42 Å². The van der Waals surface area contributed by atoms with E-state index < -0.39 is 26.9 Å². The monoisotopic (exact) mass is 360 g/mol. The van der Waals surface area contributed by atoms with E-state index in [1.165, 1.54) is 24.3 Å². The Balaban J connectivity index is 2.49. The predicted molar refractivity (Wildman–Crippen MR) is 88.1 cm³/mol. The van der Waals surface area contributed by atoms with Gasteiger partial charge in [0.25, 0.3) is 0 Å². The maximum atomic E-state index is 12.1. The molecule has 0 aliphatic rings. The molecule has 1 aromatic carbocycles. The molecule has 0 aromatic heterocycles. The van der Waals surface area contributed by atoms with Crippen LogP contribution in [0.15, 0.2) is 29.2 Å². The van der Waals surface area contributed by atoms with E-state index in [2.05, 4.69) is 10.0 Å². The molecule has 3 N–H and O–H groups in total. The first kappa shape index (κ1) is 20.2. The van der Waals surface area contributed by atoms with Crippen molar-refractivity contribution in [2.75, 3.05) is 18.3 Å². The van der Waals surface area contributed by atoms with Gasteiger partial charge in [0.2, 0.25) is 10.0 Å². The number of hydrogen-bond donors (Lipinski definition) is 3. The molecule has 0 saturated carbocycles. The van der Waals surface area contributed by atoms with Crippen LogP contribution in [-0.2, 0) is 14.8 Å². The highest BCUT2D eigenvalue weighted by atomic mass is 32.2. The summed E-state index contributed by atoms with van der Waals surface area (Å²) in [7, 11) is -3.96. The number of sulfonamides is 1. The first-order valence-electron chi connectivity index (χ1n) is 7.24. The Labute approximate surface area is 141 Å². The van der Waals surface area contributed by atoms with Crippen molar-refractivity contribution in [3.8, 4) is 0 Å². The third-order valence-electron chi connectivity index (χ3n) is 2.67. The number of para-hydroxylation sites is 1. The first-order valence-corrected chi connectivity index (χ1v) is 8.73. The van der Waals surface area contributed by atoms with Gasteiger partial charge in [0.1, 0.15) is 10.5 Å². The molecule has 0 heterocycles. The van der Waals surface area contributed by atoms with Gasteiger partial charge in [-0.1, -0.05) is 12.1 Å². The van der Waals surface area contributed by atoms with Crippen LogP contribution in [0.4, 0.5) is 10.5 Å². The Hall–Kier alpha value is -1.88. The lowest BCUT2D eigenvalue weighted by Crippen LogP contribution is -2.34.